The molecule has 0 amide bonds. The molecule has 0 saturated carbocycles. The van der Waals surface area contributed by atoms with Crippen LogP contribution in [-0.4, -0.2) is 15.9 Å². The maximum Gasteiger partial charge on any atom is 0.162 e. The van der Waals surface area contributed by atoms with Crippen LogP contribution in [0, 0.1) is 48.5 Å². The Morgan fingerprint density at radius 1 is 0.857 bits per heavy atom. The van der Waals surface area contributed by atoms with Crippen LogP contribution in [0.3, 0.4) is 0 Å². The van der Waals surface area contributed by atoms with Crippen molar-refractivity contribution in [3.05, 3.63) is 107 Å². The number of aromatic nitrogens is 1. The number of hydrogen-bond acceptors (Lipinski definition) is 4. The predicted octanol–water partition coefficient (Wildman–Crippen LogP) is 11.4. The van der Waals surface area contributed by atoms with E-state index in [1.165, 1.54) is 33.7 Å². The molecule has 2 heterocycles. The van der Waals surface area contributed by atoms with Gasteiger partial charge in [0.2, 0.25) is 0 Å². The van der Waals surface area contributed by atoms with Gasteiger partial charge in [-0.05, 0) is 65.3 Å². The zero-order chi connectivity index (χ0) is 35.1. The fraction of sp³-hybridized carbons (Fsp3) is 0.455. The van der Waals surface area contributed by atoms with Gasteiger partial charge in [-0.2, -0.15) is 0 Å². The maximum atomic E-state index is 12.3. The average Bonchev–Trinajstić information content (AvgIpc) is 3.50. The number of para-hydroxylation sites is 1. The quantitative estimate of drug-likeness (QED) is 0.109. The molecule has 3 aromatic carbocycles. The molecule has 4 aromatic rings. The normalized spacial score (nSPS) is 17.6. The monoisotopic (exact) mass is 837 g/mol. The Bertz CT molecular complexity index is 1800. The van der Waals surface area contributed by atoms with Gasteiger partial charge in [0.15, 0.2) is 5.78 Å². The van der Waals surface area contributed by atoms with E-state index in [4.69, 9.17) is 9.72 Å². The summed E-state index contributed by atoms with van der Waals surface area (Å²) in [7, 11) is 0. The van der Waals surface area contributed by atoms with Crippen LogP contribution in [0.1, 0.15) is 104 Å². The first-order valence-electron chi connectivity index (χ1n) is 17.8. The molecule has 49 heavy (non-hydrogen) atoms. The van der Waals surface area contributed by atoms with Crippen LogP contribution in [0.4, 0.5) is 0 Å². The van der Waals surface area contributed by atoms with E-state index in [2.05, 4.69) is 143 Å². The minimum Gasteiger partial charge on any atom is -0.512 e. The topological polar surface area (TPSA) is 59.4 Å². The third-order valence-corrected chi connectivity index (χ3v) is 10.5. The molecule has 5 heteroatoms. The Morgan fingerprint density at radius 2 is 1.49 bits per heavy atom. The van der Waals surface area contributed by atoms with Gasteiger partial charge in [-0.15, -0.1) is 29.3 Å². The van der Waals surface area contributed by atoms with E-state index in [-0.39, 0.29) is 55.0 Å². The first-order chi connectivity index (χ1) is 22.6. The van der Waals surface area contributed by atoms with Crippen molar-refractivity contribution in [1.29, 1.82) is 0 Å². The zero-order valence-corrected chi connectivity index (χ0v) is 33.5. The number of pyridine rings is 1. The fourth-order valence-corrected chi connectivity index (χ4v) is 8.63. The van der Waals surface area contributed by atoms with E-state index in [1.807, 2.05) is 6.07 Å². The largest absolute Gasteiger partial charge is 0.512 e. The molecule has 2 aliphatic rings. The molecule has 263 valence electrons. The van der Waals surface area contributed by atoms with Gasteiger partial charge < -0.3 is 9.84 Å². The Kier molecular flexibility index (Phi) is 12.0. The molecule has 1 aliphatic carbocycles. The van der Waals surface area contributed by atoms with Gasteiger partial charge in [0.25, 0.3) is 0 Å². The summed E-state index contributed by atoms with van der Waals surface area (Å²) in [6, 6.07) is 26.9. The van der Waals surface area contributed by atoms with Crippen molar-refractivity contribution in [1.82, 2.24) is 4.98 Å². The number of allylic oxidation sites excluding steroid dienone is 2. The minimum absolute atomic E-state index is 0. The molecule has 1 N–H and O–H groups in total. The Balaban J connectivity index is 0.000000239. The molecule has 0 saturated heterocycles. The first-order valence-corrected chi connectivity index (χ1v) is 17.8. The van der Waals surface area contributed by atoms with Gasteiger partial charge in [-0.3, -0.25) is 9.78 Å². The third kappa shape index (κ3) is 7.59. The van der Waals surface area contributed by atoms with Crippen LogP contribution in [-0.2, 0) is 30.3 Å². The maximum absolute atomic E-state index is 12.3. The van der Waals surface area contributed by atoms with E-state index in [9.17, 15) is 9.90 Å². The van der Waals surface area contributed by atoms with Crippen LogP contribution in [0.15, 0.2) is 78.6 Å². The number of carbonyl (C=O) groups is 1. The predicted molar refractivity (Wildman–Crippen MR) is 198 cm³/mol. The number of fused-ring (bicyclic) bond motifs is 6. The van der Waals surface area contributed by atoms with E-state index in [0.717, 1.165) is 22.5 Å². The number of benzene rings is 3. The van der Waals surface area contributed by atoms with E-state index in [1.54, 1.807) is 0 Å². The van der Waals surface area contributed by atoms with Crippen molar-refractivity contribution in [3.63, 3.8) is 0 Å². The molecular formula is C44H54IrNO3-. The van der Waals surface area contributed by atoms with Gasteiger partial charge in [0.1, 0.15) is 11.9 Å². The molecular weight excluding hydrogens is 783 g/mol. The van der Waals surface area contributed by atoms with Crippen molar-refractivity contribution in [2.75, 3.05) is 0 Å². The number of nitrogens with zero attached hydrogens (tertiary/aromatic N) is 1. The van der Waals surface area contributed by atoms with Crippen molar-refractivity contribution in [2.24, 2.45) is 35.5 Å². The van der Waals surface area contributed by atoms with E-state index >= 15 is 0 Å². The van der Waals surface area contributed by atoms with Gasteiger partial charge in [0, 0.05) is 49.5 Å². The summed E-state index contributed by atoms with van der Waals surface area (Å²) < 4.78 is 6.43. The van der Waals surface area contributed by atoms with Crippen LogP contribution in [0.2, 0.25) is 0 Å². The smallest absolute Gasteiger partial charge is 0.162 e. The summed E-state index contributed by atoms with van der Waals surface area (Å²) in [5.74, 6) is 2.96. The zero-order valence-electron chi connectivity index (χ0n) is 31.1. The molecule has 2 atom stereocenters. The number of ether oxygens (including phenoxy) is 1. The summed E-state index contributed by atoms with van der Waals surface area (Å²) in [6.45, 7) is 23.4. The summed E-state index contributed by atoms with van der Waals surface area (Å²) in [4.78, 5) is 17.3. The summed E-state index contributed by atoms with van der Waals surface area (Å²) in [6.07, 6.45) is 1.55. The van der Waals surface area contributed by atoms with Crippen LogP contribution in [0.5, 0.6) is 5.75 Å². The van der Waals surface area contributed by atoms with E-state index in [0.29, 0.717) is 29.6 Å². The Morgan fingerprint density at radius 3 is 2.12 bits per heavy atom. The molecule has 2 unspecified atom stereocenters. The summed E-state index contributed by atoms with van der Waals surface area (Å²) in [5.41, 5.74) is 8.21. The van der Waals surface area contributed by atoms with Crippen molar-refractivity contribution < 1.29 is 34.7 Å². The molecule has 4 nitrogen and oxygen atoms in total. The average molecular weight is 837 g/mol. The number of ketones is 1. The number of rotatable bonds is 8. The molecule has 6 rings (SSSR count). The van der Waals surface area contributed by atoms with Crippen molar-refractivity contribution in [2.45, 2.75) is 93.6 Å². The minimum atomic E-state index is -0.0659. The van der Waals surface area contributed by atoms with Crippen molar-refractivity contribution >= 4 is 16.7 Å². The van der Waals surface area contributed by atoms with Crippen LogP contribution >= 0.6 is 0 Å². The fourth-order valence-electron chi connectivity index (χ4n) is 8.63. The summed E-state index contributed by atoms with van der Waals surface area (Å²) in [5, 5.41) is 11.4. The van der Waals surface area contributed by atoms with Gasteiger partial charge >= 0.3 is 0 Å². The first kappa shape index (κ1) is 38.5. The number of aryl methyl sites for hydroxylation is 1. The Hall–Kier alpha value is -3.27. The number of hydrogen-bond donors (Lipinski definition) is 1. The third-order valence-electron chi connectivity index (χ3n) is 10.5. The summed E-state index contributed by atoms with van der Waals surface area (Å²) >= 11 is 0. The number of carbonyl (C=O) groups excluding carboxylic acids is 1. The van der Waals surface area contributed by atoms with Crippen LogP contribution in [0.25, 0.3) is 22.2 Å². The number of aliphatic hydroxyl groups excluding tert-OH is 1. The van der Waals surface area contributed by atoms with Crippen LogP contribution < -0.4 is 4.74 Å². The van der Waals surface area contributed by atoms with Gasteiger partial charge in [-0.1, -0.05) is 117 Å². The molecule has 1 radical (unpaired) electrons. The second-order valence-corrected chi connectivity index (χ2v) is 15.9. The molecule has 1 aliphatic heterocycles. The second-order valence-electron chi connectivity index (χ2n) is 15.9. The molecule has 0 fully saturated rings. The number of aliphatic hydroxyl groups is 1. The SMILES string of the molecule is CC(C)C(C(=O)/C=C(\O)C(C(C)C)C(C)C)C(C)C.Cc1ccc2nc(-c3[c-]ccc4c3C(C)(C)C3c5ccccc5OC43)ccc2c1.[Ir]. The van der Waals surface area contributed by atoms with E-state index < -0.39 is 0 Å². The second kappa shape index (κ2) is 15.3. The van der Waals surface area contributed by atoms with Gasteiger partial charge in [0.05, 0.1) is 11.3 Å². The molecule has 1 aromatic heterocycles. The molecule has 0 bridgehead atoms. The van der Waals surface area contributed by atoms with Gasteiger partial charge in [-0.25, -0.2) is 0 Å². The van der Waals surface area contributed by atoms with Crippen molar-refractivity contribution in [3.8, 4) is 17.0 Å². The molecule has 0 spiro atoms. The Labute approximate surface area is 308 Å². The standard InChI is InChI=1S/C27H22NO.C17H32O2.Ir/c1-16-11-13-21-17(15-16)12-14-22(28-21)18-8-6-9-20-24(18)27(2,3)25-19-7-4-5-10-23(19)29-26(20)25;1-10(2)16(11(3)4)14(18)9-15(19)17(12(5)6)13(7)8;/h4-7,9-15,25-26H,1-3H3;9-13,16-18H,1-8H3;/q-1;;/b;14-9-;.